The van der Waals surface area contributed by atoms with Crippen LogP contribution >= 0.6 is 0 Å². The topological polar surface area (TPSA) is 83.1 Å². The SMILES string of the molecule is C=C/C=C(/Oc1ccc(N=O)cc1)c1cc(OC)c(OC)cc1N. The second-order valence-corrected chi connectivity index (χ2v) is 4.75. The van der Waals surface area contributed by atoms with Gasteiger partial charge in [0.15, 0.2) is 11.5 Å². The van der Waals surface area contributed by atoms with Crippen molar-refractivity contribution in [2.75, 3.05) is 20.0 Å². The van der Waals surface area contributed by atoms with Gasteiger partial charge in [0, 0.05) is 17.3 Å². The van der Waals surface area contributed by atoms with Crippen LogP contribution in [0.3, 0.4) is 0 Å². The van der Waals surface area contributed by atoms with E-state index in [0.717, 1.165) is 0 Å². The average Bonchev–Trinajstić information content (AvgIpc) is 2.61. The van der Waals surface area contributed by atoms with Gasteiger partial charge in [-0.25, -0.2) is 0 Å². The summed E-state index contributed by atoms with van der Waals surface area (Å²) in [6, 6.07) is 9.80. The summed E-state index contributed by atoms with van der Waals surface area (Å²) in [6.45, 7) is 3.69. The molecule has 0 saturated heterocycles. The van der Waals surface area contributed by atoms with Gasteiger partial charge in [-0.1, -0.05) is 12.7 Å². The lowest BCUT2D eigenvalue weighted by Crippen LogP contribution is -2.02. The summed E-state index contributed by atoms with van der Waals surface area (Å²) < 4.78 is 16.4. The van der Waals surface area contributed by atoms with Crippen LogP contribution in [0.1, 0.15) is 5.56 Å². The van der Waals surface area contributed by atoms with Crippen LogP contribution in [0.15, 0.2) is 60.3 Å². The van der Waals surface area contributed by atoms with Gasteiger partial charge in [0.2, 0.25) is 0 Å². The lowest BCUT2D eigenvalue weighted by Gasteiger charge is -2.15. The fraction of sp³-hybridized carbons (Fsp3) is 0.111. The Balaban J connectivity index is 2.41. The smallest absolute Gasteiger partial charge is 0.162 e. The molecular weight excluding hydrogens is 308 g/mol. The molecule has 0 radical (unpaired) electrons. The Bertz CT molecular complexity index is 767. The standard InChI is InChI=1S/C18H18N2O4/c1-4-5-16(24-13-8-6-12(20-21)7-9-13)14-10-17(22-2)18(23-3)11-15(14)19/h4-11H,1,19H2,2-3H3/b16-5+. The molecule has 0 heterocycles. The third kappa shape index (κ3) is 3.73. The summed E-state index contributed by atoms with van der Waals surface area (Å²) in [5, 5.41) is 2.85. The molecule has 0 aliphatic rings. The van der Waals surface area contributed by atoms with Crippen molar-refractivity contribution in [3.8, 4) is 17.2 Å². The first-order chi connectivity index (χ1) is 11.6. The second kappa shape index (κ2) is 7.82. The molecule has 0 fully saturated rings. The van der Waals surface area contributed by atoms with Gasteiger partial charge in [-0.05, 0) is 41.6 Å². The molecule has 2 rings (SSSR count). The Hall–Kier alpha value is -3.28. The molecule has 0 unspecified atom stereocenters. The zero-order chi connectivity index (χ0) is 17.5. The second-order valence-electron chi connectivity index (χ2n) is 4.75. The largest absolute Gasteiger partial charge is 0.493 e. The highest BCUT2D eigenvalue weighted by Gasteiger charge is 2.14. The van der Waals surface area contributed by atoms with Crippen molar-refractivity contribution in [2.24, 2.45) is 5.18 Å². The lowest BCUT2D eigenvalue weighted by atomic mass is 10.1. The van der Waals surface area contributed by atoms with E-state index >= 15 is 0 Å². The van der Waals surface area contributed by atoms with Gasteiger partial charge < -0.3 is 19.9 Å². The lowest BCUT2D eigenvalue weighted by molar-refractivity contribution is 0.355. The quantitative estimate of drug-likeness (QED) is 0.355. The van der Waals surface area contributed by atoms with Crippen molar-refractivity contribution in [3.63, 3.8) is 0 Å². The van der Waals surface area contributed by atoms with Crippen LogP contribution in [0.2, 0.25) is 0 Å². The van der Waals surface area contributed by atoms with Gasteiger partial charge in [-0.3, -0.25) is 0 Å². The van der Waals surface area contributed by atoms with Gasteiger partial charge >= 0.3 is 0 Å². The van der Waals surface area contributed by atoms with Crippen molar-refractivity contribution in [1.29, 1.82) is 0 Å². The minimum atomic E-state index is 0.322. The zero-order valence-corrected chi connectivity index (χ0v) is 13.5. The summed E-state index contributed by atoms with van der Waals surface area (Å²) in [7, 11) is 3.08. The predicted octanol–water partition coefficient (Wildman–Crippen LogP) is 4.29. The normalized spacial score (nSPS) is 10.8. The summed E-state index contributed by atoms with van der Waals surface area (Å²) >= 11 is 0. The van der Waals surface area contributed by atoms with Crippen LogP contribution in [-0.2, 0) is 0 Å². The molecule has 0 atom stereocenters. The van der Waals surface area contributed by atoms with Crippen molar-refractivity contribution in [3.05, 3.63) is 65.6 Å². The summed E-state index contributed by atoms with van der Waals surface area (Å²) in [4.78, 5) is 10.5. The van der Waals surface area contributed by atoms with Crippen LogP contribution in [0, 0.1) is 4.91 Å². The highest BCUT2D eigenvalue weighted by atomic mass is 16.5. The van der Waals surface area contributed by atoms with Crippen LogP contribution in [0.4, 0.5) is 11.4 Å². The molecule has 0 aliphatic carbocycles. The number of methoxy groups -OCH3 is 2. The fourth-order valence-electron chi connectivity index (χ4n) is 2.10. The number of hydrogen-bond acceptors (Lipinski definition) is 6. The van der Waals surface area contributed by atoms with Crippen LogP contribution in [0.25, 0.3) is 5.76 Å². The highest BCUT2D eigenvalue weighted by molar-refractivity contribution is 5.76. The molecule has 124 valence electrons. The van der Waals surface area contributed by atoms with E-state index in [4.69, 9.17) is 19.9 Å². The van der Waals surface area contributed by atoms with Gasteiger partial charge in [0.1, 0.15) is 17.2 Å². The Morgan fingerprint density at radius 1 is 1.12 bits per heavy atom. The zero-order valence-electron chi connectivity index (χ0n) is 13.5. The summed E-state index contributed by atoms with van der Waals surface area (Å²) in [5.41, 5.74) is 7.52. The third-order valence-corrected chi connectivity index (χ3v) is 3.26. The molecular formula is C18H18N2O4. The number of nitroso groups, excluding NO2 is 1. The monoisotopic (exact) mass is 326 g/mol. The number of hydrogen-bond donors (Lipinski definition) is 1. The molecule has 0 amide bonds. The predicted molar refractivity (Wildman–Crippen MR) is 94.7 cm³/mol. The summed E-state index contributed by atoms with van der Waals surface area (Å²) in [5.74, 6) is 2.07. The number of nitrogen functional groups attached to an aromatic ring is 1. The molecule has 6 nitrogen and oxygen atoms in total. The minimum Gasteiger partial charge on any atom is -0.493 e. The molecule has 0 aliphatic heterocycles. The van der Waals surface area contributed by atoms with Crippen LogP contribution in [0.5, 0.6) is 17.2 Å². The van der Waals surface area contributed by atoms with E-state index < -0.39 is 0 Å². The molecule has 24 heavy (non-hydrogen) atoms. The van der Waals surface area contributed by atoms with Crippen molar-refractivity contribution >= 4 is 17.1 Å². The minimum absolute atomic E-state index is 0.322. The van der Waals surface area contributed by atoms with E-state index in [1.807, 2.05) is 0 Å². The molecule has 0 spiro atoms. The molecule has 2 aromatic rings. The number of anilines is 1. The van der Waals surface area contributed by atoms with E-state index in [2.05, 4.69) is 11.8 Å². The Morgan fingerprint density at radius 3 is 2.29 bits per heavy atom. The van der Waals surface area contributed by atoms with E-state index in [1.165, 1.54) is 7.11 Å². The number of ether oxygens (including phenoxy) is 3. The number of allylic oxidation sites excluding steroid dienone is 2. The molecule has 2 aromatic carbocycles. The number of nitrogens with zero attached hydrogens (tertiary/aromatic N) is 1. The maximum atomic E-state index is 10.5. The molecule has 0 bridgehead atoms. The van der Waals surface area contributed by atoms with Crippen molar-refractivity contribution < 1.29 is 14.2 Å². The van der Waals surface area contributed by atoms with Crippen molar-refractivity contribution in [1.82, 2.24) is 0 Å². The first-order valence-corrected chi connectivity index (χ1v) is 7.08. The van der Waals surface area contributed by atoms with E-state index in [0.29, 0.717) is 39.9 Å². The number of benzene rings is 2. The maximum Gasteiger partial charge on any atom is 0.162 e. The van der Waals surface area contributed by atoms with E-state index in [1.54, 1.807) is 55.7 Å². The van der Waals surface area contributed by atoms with Gasteiger partial charge in [-0.2, -0.15) is 0 Å². The molecule has 2 N–H and O–H groups in total. The van der Waals surface area contributed by atoms with E-state index in [9.17, 15) is 4.91 Å². The van der Waals surface area contributed by atoms with Gasteiger partial charge in [0.05, 0.1) is 14.2 Å². The first kappa shape index (κ1) is 17.1. The van der Waals surface area contributed by atoms with Crippen LogP contribution in [-0.4, -0.2) is 14.2 Å². The Labute approximate surface area is 140 Å². The first-order valence-electron chi connectivity index (χ1n) is 7.08. The van der Waals surface area contributed by atoms with Gasteiger partial charge in [-0.15, -0.1) is 4.91 Å². The van der Waals surface area contributed by atoms with Crippen molar-refractivity contribution in [2.45, 2.75) is 0 Å². The van der Waals surface area contributed by atoms with Crippen LogP contribution < -0.4 is 19.9 Å². The number of rotatable bonds is 7. The molecule has 0 aromatic heterocycles. The summed E-state index contributed by atoms with van der Waals surface area (Å²) in [6.07, 6.45) is 3.27. The highest BCUT2D eigenvalue weighted by Crippen LogP contribution is 2.36. The van der Waals surface area contributed by atoms with Gasteiger partial charge in [0.25, 0.3) is 0 Å². The fourth-order valence-corrected chi connectivity index (χ4v) is 2.10. The maximum absolute atomic E-state index is 10.5. The Morgan fingerprint density at radius 2 is 1.75 bits per heavy atom. The third-order valence-electron chi connectivity index (χ3n) is 3.26. The molecule has 0 saturated carbocycles. The average molecular weight is 326 g/mol. The Kier molecular flexibility index (Phi) is 5.57. The van der Waals surface area contributed by atoms with E-state index in [-0.39, 0.29) is 0 Å². The molecule has 6 heteroatoms. The number of nitrogens with two attached hydrogens (primary N) is 1.